The molecule has 0 spiro atoms. The predicted molar refractivity (Wildman–Crippen MR) is 17.4 cm³/mol. The SMILES string of the molecule is NOC(=O)C(O)(F)F. The van der Waals surface area contributed by atoms with Gasteiger partial charge in [0.2, 0.25) is 0 Å². The zero-order valence-electron chi connectivity index (χ0n) is 3.60. The summed E-state index contributed by atoms with van der Waals surface area (Å²) in [5, 5.41) is 7.40. The molecule has 0 heterocycles. The minimum atomic E-state index is -4.48. The van der Waals surface area contributed by atoms with E-state index in [9.17, 15) is 13.6 Å². The first-order chi connectivity index (χ1) is 3.48. The van der Waals surface area contributed by atoms with Crippen LogP contribution in [-0.2, 0) is 9.63 Å². The quantitative estimate of drug-likeness (QED) is 0.442. The normalized spacial score (nSPS) is 11.0. The first kappa shape index (κ1) is 7.25. The van der Waals surface area contributed by atoms with Crippen LogP contribution >= 0.6 is 0 Å². The topological polar surface area (TPSA) is 72.5 Å². The number of carbonyl (C=O) groups excluding carboxylic acids is 1. The lowest BCUT2D eigenvalue weighted by molar-refractivity contribution is -0.228. The molecular weight excluding hydrogens is 124 g/mol. The van der Waals surface area contributed by atoms with Gasteiger partial charge in [0.15, 0.2) is 0 Å². The van der Waals surface area contributed by atoms with Gasteiger partial charge in [-0.3, -0.25) is 0 Å². The summed E-state index contributed by atoms with van der Waals surface area (Å²) in [4.78, 5) is 12.5. The molecule has 0 aromatic heterocycles. The molecule has 4 nitrogen and oxygen atoms in total. The molecule has 3 N–H and O–H groups in total. The molecule has 0 saturated carbocycles. The highest BCUT2D eigenvalue weighted by atomic mass is 19.3. The summed E-state index contributed by atoms with van der Waals surface area (Å²) in [5.74, 6) is 1.80. The van der Waals surface area contributed by atoms with Gasteiger partial charge in [-0.05, 0) is 0 Å². The largest absolute Gasteiger partial charge is 0.455 e. The molecule has 0 aliphatic rings. The van der Waals surface area contributed by atoms with Gasteiger partial charge in [0.1, 0.15) is 0 Å². The number of aliphatic hydroxyl groups is 1. The average molecular weight is 127 g/mol. The second-order valence-corrected chi connectivity index (χ2v) is 0.947. The maximum absolute atomic E-state index is 11.1. The van der Waals surface area contributed by atoms with Crippen molar-refractivity contribution in [1.29, 1.82) is 0 Å². The fraction of sp³-hybridized carbons (Fsp3) is 0.500. The van der Waals surface area contributed by atoms with Crippen LogP contribution in [0.25, 0.3) is 0 Å². The van der Waals surface area contributed by atoms with E-state index < -0.39 is 12.1 Å². The molecule has 0 unspecified atom stereocenters. The Balaban J connectivity index is 3.82. The Morgan fingerprint density at radius 3 is 2.12 bits per heavy atom. The van der Waals surface area contributed by atoms with Crippen molar-refractivity contribution in [3.63, 3.8) is 0 Å². The van der Waals surface area contributed by atoms with Gasteiger partial charge in [0.25, 0.3) is 0 Å². The monoisotopic (exact) mass is 127 g/mol. The molecule has 0 bridgehead atoms. The van der Waals surface area contributed by atoms with E-state index in [2.05, 4.69) is 10.7 Å². The first-order valence-electron chi connectivity index (χ1n) is 1.50. The van der Waals surface area contributed by atoms with E-state index in [-0.39, 0.29) is 0 Å². The van der Waals surface area contributed by atoms with Crippen molar-refractivity contribution in [2.45, 2.75) is 6.11 Å². The number of hydrogen-bond donors (Lipinski definition) is 2. The van der Waals surface area contributed by atoms with Crippen LogP contribution in [0.2, 0.25) is 0 Å². The van der Waals surface area contributed by atoms with Crippen LogP contribution in [0.5, 0.6) is 0 Å². The molecule has 0 aliphatic heterocycles. The molecule has 0 aliphatic carbocycles. The number of rotatable bonds is 1. The maximum atomic E-state index is 11.1. The Hall–Kier alpha value is -0.750. The molecule has 0 aromatic rings. The molecule has 0 radical (unpaired) electrons. The minimum absolute atomic E-state index is 2.17. The lowest BCUT2D eigenvalue weighted by atomic mass is 10.7. The molecule has 0 atom stereocenters. The van der Waals surface area contributed by atoms with Crippen LogP contribution in [0, 0.1) is 0 Å². The van der Waals surface area contributed by atoms with Crippen LogP contribution in [0.4, 0.5) is 8.78 Å². The van der Waals surface area contributed by atoms with Crippen molar-refractivity contribution in [2.75, 3.05) is 0 Å². The molecule has 48 valence electrons. The number of nitrogens with two attached hydrogens (primary N) is 1. The predicted octanol–water partition coefficient (Wildman–Crippen LogP) is -1.01. The van der Waals surface area contributed by atoms with E-state index >= 15 is 0 Å². The highest BCUT2D eigenvalue weighted by Crippen LogP contribution is 2.07. The third-order valence-corrected chi connectivity index (χ3v) is 0.353. The second-order valence-electron chi connectivity index (χ2n) is 0.947. The van der Waals surface area contributed by atoms with E-state index in [0.717, 1.165) is 0 Å². The Bertz CT molecular complexity index is 97.9. The highest BCUT2D eigenvalue weighted by Gasteiger charge is 2.37. The van der Waals surface area contributed by atoms with Gasteiger partial charge in [0.05, 0.1) is 0 Å². The van der Waals surface area contributed by atoms with E-state index in [1.54, 1.807) is 0 Å². The van der Waals surface area contributed by atoms with Crippen molar-refractivity contribution in [2.24, 2.45) is 5.90 Å². The van der Waals surface area contributed by atoms with E-state index in [1.807, 2.05) is 0 Å². The summed E-state index contributed by atoms with van der Waals surface area (Å²) in [6.07, 6.45) is -4.48. The lowest BCUT2D eigenvalue weighted by Crippen LogP contribution is -2.31. The van der Waals surface area contributed by atoms with Crippen LogP contribution in [0.3, 0.4) is 0 Å². The van der Waals surface area contributed by atoms with Gasteiger partial charge in [0, 0.05) is 0 Å². The summed E-state index contributed by atoms with van der Waals surface area (Å²) in [5.41, 5.74) is 0. The van der Waals surface area contributed by atoms with Crippen molar-refractivity contribution in [3.05, 3.63) is 0 Å². The Labute approximate surface area is 42.8 Å². The van der Waals surface area contributed by atoms with Crippen molar-refractivity contribution >= 4 is 5.97 Å². The highest BCUT2D eigenvalue weighted by molar-refractivity contribution is 5.74. The summed E-state index contributed by atoms with van der Waals surface area (Å²) >= 11 is 0. The van der Waals surface area contributed by atoms with Crippen molar-refractivity contribution < 1.29 is 23.5 Å². The molecule has 0 aromatic carbocycles. The summed E-state index contributed by atoms with van der Waals surface area (Å²) < 4.78 is 22.2. The molecular formula is C2H3F2NO3. The smallest absolute Gasteiger partial charge is 0.367 e. The number of halogens is 2. The molecule has 6 heteroatoms. The van der Waals surface area contributed by atoms with Gasteiger partial charge in [-0.25, -0.2) is 4.79 Å². The summed E-state index contributed by atoms with van der Waals surface area (Å²) in [6.45, 7) is 0. The van der Waals surface area contributed by atoms with Crippen LogP contribution in [0.1, 0.15) is 0 Å². The van der Waals surface area contributed by atoms with Crippen molar-refractivity contribution in [3.8, 4) is 0 Å². The number of hydrogen-bond acceptors (Lipinski definition) is 4. The van der Waals surface area contributed by atoms with Crippen LogP contribution in [-0.4, -0.2) is 17.2 Å². The third kappa shape index (κ3) is 1.80. The first-order valence-corrected chi connectivity index (χ1v) is 1.50. The summed E-state index contributed by atoms with van der Waals surface area (Å²) in [7, 11) is 0. The van der Waals surface area contributed by atoms with Crippen LogP contribution in [0.15, 0.2) is 0 Å². The Morgan fingerprint density at radius 2 is 2.12 bits per heavy atom. The third-order valence-electron chi connectivity index (χ3n) is 0.353. The Kier molecular flexibility index (Phi) is 1.82. The zero-order valence-corrected chi connectivity index (χ0v) is 3.60. The minimum Gasteiger partial charge on any atom is -0.367 e. The van der Waals surface area contributed by atoms with Gasteiger partial charge in [-0.2, -0.15) is 14.7 Å². The molecule has 8 heavy (non-hydrogen) atoms. The lowest BCUT2D eigenvalue weighted by Gasteiger charge is -2.01. The molecule has 0 amide bonds. The summed E-state index contributed by atoms with van der Waals surface area (Å²) in [6, 6.07) is 0. The fourth-order valence-electron chi connectivity index (χ4n) is 0.0709. The van der Waals surface area contributed by atoms with Gasteiger partial charge in [-0.1, -0.05) is 0 Å². The van der Waals surface area contributed by atoms with Gasteiger partial charge >= 0.3 is 12.1 Å². The second kappa shape index (κ2) is 2.01. The van der Waals surface area contributed by atoms with Crippen molar-refractivity contribution in [1.82, 2.24) is 0 Å². The van der Waals surface area contributed by atoms with Gasteiger partial charge < -0.3 is 9.94 Å². The molecule has 0 rings (SSSR count). The van der Waals surface area contributed by atoms with Gasteiger partial charge in [-0.15, -0.1) is 0 Å². The average Bonchev–Trinajstić information content (AvgIpc) is 1.62. The van der Waals surface area contributed by atoms with Crippen LogP contribution < -0.4 is 5.90 Å². The maximum Gasteiger partial charge on any atom is 0.455 e. The Morgan fingerprint density at radius 1 is 1.75 bits per heavy atom. The fourth-order valence-corrected chi connectivity index (χ4v) is 0.0709. The zero-order chi connectivity index (χ0) is 6.78. The van der Waals surface area contributed by atoms with E-state index in [1.165, 1.54) is 0 Å². The van der Waals surface area contributed by atoms with E-state index in [4.69, 9.17) is 5.11 Å². The number of alkyl halides is 2. The number of carbonyl (C=O) groups is 1. The van der Waals surface area contributed by atoms with E-state index in [0.29, 0.717) is 0 Å². The molecule has 0 fully saturated rings. The standard InChI is InChI=1S/C2H3F2NO3/c3-2(4,7)1(6)8-5/h7H,5H2. The molecule has 0 saturated heterocycles.